The molecule has 0 aromatic carbocycles. The predicted molar refractivity (Wildman–Crippen MR) is 39.7 cm³/mol. The molecule has 1 amide bonds. The topological polar surface area (TPSA) is 41.1 Å². The number of carbonyl (C=O) groups excluding carboxylic acids is 1. The molecule has 0 bridgehead atoms. The van der Waals surface area contributed by atoms with Gasteiger partial charge in [0.15, 0.2) is 0 Å². The summed E-state index contributed by atoms with van der Waals surface area (Å²) in [6.45, 7) is 4.84. The van der Waals surface area contributed by atoms with Crippen LogP contribution in [0.1, 0.15) is 20.3 Å². The van der Waals surface area contributed by atoms with Crippen molar-refractivity contribution in [1.82, 2.24) is 10.6 Å². The van der Waals surface area contributed by atoms with Crippen LogP contribution in [-0.4, -0.2) is 24.5 Å². The zero-order valence-electron chi connectivity index (χ0n) is 6.48. The Hall–Kier alpha value is -0.570. The van der Waals surface area contributed by atoms with Crippen LogP contribution >= 0.6 is 0 Å². The van der Waals surface area contributed by atoms with Crippen LogP contribution in [0.4, 0.5) is 0 Å². The minimum absolute atomic E-state index is 0.0232. The summed E-state index contributed by atoms with van der Waals surface area (Å²) in [5.74, 6) is 0.116. The van der Waals surface area contributed by atoms with Crippen LogP contribution in [0.2, 0.25) is 0 Å². The summed E-state index contributed by atoms with van der Waals surface area (Å²) in [7, 11) is 0. The van der Waals surface area contributed by atoms with Gasteiger partial charge < -0.3 is 10.6 Å². The van der Waals surface area contributed by atoms with E-state index in [1.165, 1.54) is 0 Å². The second-order valence-corrected chi connectivity index (χ2v) is 2.87. The number of nitrogens with one attached hydrogen (secondary N) is 2. The molecule has 1 aliphatic heterocycles. The van der Waals surface area contributed by atoms with Gasteiger partial charge in [0, 0.05) is 6.04 Å². The first kappa shape index (κ1) is 7.54. The first-order valence-electron chi connectivity index (χ1n) is 3.74. The Kier molecular flexibility index (Phi) is 2.27. The van der Waals surface area contributed by atoms with Crippen LogP contribution in [0.3, 0.4) is 0 Å². The lowest BCUT2D eigenvalue weighted by Gasteiger charge is -2.09. The first-order valence-corrected chi connectivity index (χ1v) is 3.74. The maximum Gasteiger partial charge on any atom is 0.237 e. The molecule has 3 nitrogen and oxygen atoms in total. The summed E-state index contributed by atoms with van der Waals surface area (Å²) in [6, 6.07) is 0.301. The fourth-order valence-electron chi connectivity index (χ4n) is 1.05. The lowest BCUT2D eigenvalue weighted by molar-refractivity contribution is -0.122. The SMILES string of the molecule is C[C@H]1CCN[C@H](C)C(=O)N1. The van der Waals surface area contributed by atoms with Crippen molar-refractivity contribution in [3.63, 3.8) is 0 Å². The van der Waals surface area contributed by atoms with Crippen molar-refractivity contribution >= 4 is 5.91 Å². The monoisotopic (exact) mass is 142 g/mol. The number of hydrogen-bond acceptors (Lipinski definition) is 2. The van der Waals surface area contributed by atoms with E-state index in [1.54, 1.807) is 0 Å². The Morgan fingerprint density at radius 3 is 2.90 bits per heavy atom. The highest BCUT2D eigenvalue weighted by atomic mass is 16.2. The standard InChI is InChI=1S/C7H14N2O/c1-5-3-4-8-6(2)7(10)9-5/h5-6,8H,3-4H2,1-2H3,(H,9,10)/t5-,6+/m0/s1. The van der Waals surface area contributed by atoms with Crippen molar-refractivity contribution in [1.29, 1.82) is 0 Å². The van der Waals surface area contributed by atoms with Gasteiger partial charge in [-0.3, -0.25) is 4.79 Å². The van der Waals surface area contributed by atoms with Crippen molar-refractivity contribution in [2.75, 3.05) is 6.54 Å². The molecule has 3 heteroatoms. The highest BCUT2D eigenvalue weighted by Gasteiger charge is 2.17. The second kappa shape index (κ2) is 3.01. The molecular weight excluding hydrogens is 128 g/mol. The van der Waals surface area contributed by atoms with Crippen molar-refractivity contribution < 1.29 is 4.79 Å². The van der Waals surface area contributed by atoms with E-state index in [2.05, 4.69) is 10.6 Å². The molecule has 0 aromatic rings. The Morgan fingerprint density at radius 1 is 1.50 bits per heavy atom. The molecule has 58 valence electrons. The highest BCUT2D eigenvalue weighted by Crippen LogP contribution is 1.96. The molecule has 0 saturated carbocycles. The molecule has 0 aromatic heterocycles. The minimum Gasteiger partial charge on any atom is -0.352 e. The normalized spacial score (nSPS) is 34.8. The van der Waals surface area contributed by atoms with Gasteiger partial charge in [-0.25, -0.2) is 0 Å². The van der Waals surface area contributed by atoms with Crippen LogP contribution < -0.4 is 10.6 Å². The fraction of sp³-hybridized carbons (Fsp3) is 0.857. The molecule has 1 heterocycles. The van der Waals surface area contributed by atoms with Crippen LogP contribution in [0, 0.1) is 0 Å². The van der Waals surface area contributed by atoms with Gasteiger partial charge >= 0.3 is 0 Å². The van der Waals surface area contributed by atoms with Gasteiger partial charge in [0.2, 0.25) is 5.91 Å². The zero-order chi connectivity index (χ0) is 7.56. The number of rotatable bonds is 0. The summed E-state index contributed by atoms with van der Waals surface area (Å²) in [4.78, 5) is 11.1. The van der Waals surface area contributed by atoms with Gasteiger partial charge in [0.1, 0.15) is 0 Å². The summed E-state index contributed by atoms with van der Waals surface area (Å²) in [5, 5.41) is 6.00. The molecule has 2 atom stereocenters. The summed E-state index contributed by atoms with van der Waals surface area (Å²) < 4.78 is 0. The van der Waals surface area contributed by atoms with E-state index < -0.39 is 0 Å². The molecule has 1 aliphatic rings. The Balaban J connectivity index is 2.49. The van der Waals surface area contributed by atoms with Crippen molar-refractivity contribution in [3.8, 4) is 0 Å². The number of hydrogen-bond donors (Lipinski definition) is 2. The molecular formula is C7H14N2O. The fourth-order valence-corrected chi connectivity index (χ4v) is 1.05. The van der Waals surface area contributed by atoms with E-state index in [-0.39, 0.29) is 11.9 Å². The lowest BCUT2D eigenvalue weighted by Crippen LogP contribution is -2.40. The molecule has 2 N–H and O–H groups in total. The smallest absolute Gasteiger partial charge is 0.237 e. The third-order valence-electron chi connectivity index (χ3n) is 1.81. The first-order chi connectivity index (χ1) is 4.70. The molecule has 1 rings (SSSR count). The molecule has 1 fully saturated rings. The van der Waals surface area contributed by atoms with E-state index in [0.29, 0.717) is 6.04 Å². The highest BCUT2D eigenvalue weighted by molar-refractivity contribution is 5.81. The number of carbonyl (C=O) groups is 1. The maximum absolute atomic E-state index is 11.1. The van der Waals surface area contributed by atoms with Crippen molar-refractivity contribution in [2.24, 2.45) is 0 Å². The zero-order valence-corrected chi connectivity index (χ0v) is 6.48. The van der Waals surface area contributed by atoms with Crippen molar-refractivity contribution in [2.45, 2.75) is 32.4 Å². The van der Waals surface area contributed by atoms with Crippen LogP contribution in [0.15, 0.2) is 0 Å². The van der Waals surface area contributed by atoms with Gasteiger partial charge in [-0.15, -0.1) is 0 Å². The van der Waals surface area contributed by atoms with Crippen molar-refractivity contribution in [3.05, 3.63) is 0 Å². The maximum atomic E-state index is 11.1. The van der Waals surface area contributed by atoms with Gasteiger partial charge in [-0.2, -0.15) is 0 Å². The van der Waals surface area contributed by atoms with E-state index in [0.717, 1.165) is 13.0 Å². The molecule has 0 aliphatic carbocycles. The van der Waals surface area contributed by atoms with Crippen LogP contribution in [-0.2, 0) is 4.79 Å². The number of amides is 1. The summed E-state index contributed by atoms with van der Waals surface area (Å²) >= 11 is 0. The predicted octanol–water partition coefficient (Wildman–Crippen LogP) is -0.127. The van der Waals surface area contributed by atoms with Crippen LogP contribution in [0.25, 0.3) is 0 Å². The second-order valence-electron chi connectivity index (χ2n) is 2.87. The minimum atomic E-state index is -0.0232. The third-order valence-corrected chi connectivity index (χ3v) is 1.81. The van der Waals surface area contributed by atoms with Gasteiger partial charge in [-0.1, -0.05) is 0 Å². The van der Waals surface area contributed by atoms with Crippen LogP contribution in [0.5, 0.6) is 0 Å². The Morgan fingerprint density at radius 2 is 2.20 bits per heavy atom. The average Bonchev–Trinajstić information content (AvgIpc) is 1.96. The van der Waals surface area contributed by atoms with Gasteiger partial charge in [-0.05, 0) is 26.8 Å². The summed E-state index contributed by atoms with van der Waals surface area (Å²) in [6.07, 6.45) is 1.02. The Labute approximate surface area is 61.2 Å². The van der Waals surface area contributed by atoms with E-state index in [4.69, 9.17) is 0 Å². The Bertz CT molecular complexity index is 136. The third kappa shape index (κ3) is 1.70. The molecule has 10 heavy (non-hydrogen) atoms. The van der Waals surface area contributed by atoms with E-state index in [9.17, 15) is 4.79 Å². The van der Waals surface area contributed by atoms with Gasteiger partial charge in [0.25, 0.3) is 0 Å². The van der Waals surface area contributed by atoms with E-state index >= 15 is 0 Å². The lowest BCUT2D eigenvalue weighted by atomic mass is 10.2. The average molecular weight is 142 g/mol. The molecule has 0 radical (unpaired) electrons. The van der Waals surface area contributed by atoms with Gasteiger partial charge in [0.05, 0.1) is 6.04 Å². The molecule has 0 spiro atoms. The molecule has 1 saturated heterocycles. The van der Waals surface area contributed by atoms with E-state index in [1.807, 2.05) is 13.8 Å². The summed E-state index contributed by atoms with van der Waals surface area (Å²) in [5.41, 5.74) is 0. The largest absolute Gasteiger partial charge is 0.352 e. The molecule has 0 unspecified atom stereocenters. The quantitative estimate of drug-likeness (QED) is 0.495.